The molecule has 0 N–H and O–H groups in total. The van der Waals surface area contributed by atoms with Gasteiger partial charge in [-0.3, -0.25) is 0 Å². The second-order valence-electron chi connectivity index (χ2n) is 14.4. The third kappa shape index (κ3) is 8.08. The minimum atomic E-state index is -1.36. The average molecular weight is 865 g/mol. The van der Waals surface area contributed by atoms with Gasteiger partial charge in [0, 0.05) is 37.2 Å². The number of hydrogen-bond acceptors (Lipinski definition) is 3. The summed E-state index contributed by atoms with van der Waals surface area (Å²) < 4.78 is 2.55. The molecule has 1 fully saturated rings. The Balaban J connectivity index is 0.000000171. The molecule has 1 saturated carbocycles. The molecule has 1 aliphatic carbocycles. The van der Waals surface area contributed by atoms with Crippen LogP contribution < -0.4 is 5.19 Å². The molecule has 0 spiro atoms. The Morgan fingerprint density at radius 2 is 1.58 bits per heavy atom. The van der Waals surface area contributed by atoms with E-state index < -0.39 is 8.07 Å². The van der Waals surface area contributed by atoms with E-state index in [9.17, 15) is 0 Å². The van der Waals surface area contributed by atoms with E-state index in [4.69, 9.17) is 4.98 Å². The summed E-state index contributed by atoms with van der Waals surface area (Å²) >= 11 is 1.83. The van der Waals surface area contributed by atoms with Crippen molar-refractivity contribution in [1.29, 1.82) is 0 Å². The summed E-state index contributed by atoms with van der Waals surface area (Å²) in [7, 11) is -1.36. The van der Waals surface area contributed by atoms with E-state index in [-0.39, 0.29) is 20.1 Å². The maximum Gasteiger partial charge on any atom is 0.0798 e. The van der Waals surface area contributed by atoms with Crippen LogP contribution in [-0.2, 0) is 26.5 Å². The molecule has 0 atom stereocenters. The summed E-state index contributed by atoms with van der Waals surface area (Å²) in [6.45, 7) is 9.40. The SMILES string of the molecule is C[Si](C)(C)c1cnc(-c2[c-]cccc2)cc1CC1CCCCC1.Cc1ccnc(-c2[c-]ccc3c2sc2cccc(-c4ccccc4)c23)c1.[Ir]. The summed E-state index contributed by atoms with van der Waals surface area (Å²) in [6, 6.07) is 42.8. The molecule has 3 aromatic heterocycles. The zero-order valence-electron chi connectivity index (χ0n) is 29.4. The summed E-state index contributed by atoms with van der Waals surface area (Å²) in [6.07, 6.45) is 12.3. The van der Waals surface area contributed by atoms with Crippen molar-refractivity contribution in [3.63, 3.8) is 0 Å². The third-order valence-electron chi connectivity index (χ3n) is 9.73. The number of aromatic nitrogens is 2. The molecule has 1 aliphatic rings. The van der Waals surface area contributed by atoms with Crippen LogP contribution in [-0.4, -0.2) is 18.0 Å². The summed E-state index contributed by atoms with van der Waals surface area (Å²) in [5.74, 6) is 0.869. The number of rotatable bonds is 6. The van der Waals surface area contributed by atoms with Gasteiger partial charge < -0.3 is 9.97 Å². The minimum absolute atomic E-state index is 0. The molecule has 0 aliphatic heterocycles. The fourth-order valence-corrected chi connectivity index (χ4v) is 10.1. The van der Waals surface area contributed by atoms with Gasteiger partial charge in [0.15, 0.2) is 0 Å². The maximum atomic E-state index is 4.77. The van der Waals surface area contributed by atoms with E-state index in [2.05, 4.69) is 129 Å². The number of fused-ring (bicyclic) bond motifs is 3. The van der Waals surface area contributed by atoms with Crippen LogP contribution in [0.1, 0.15) is 43.2 Å². The zero-order valence-corrected chi connectivity index (χ0v) is 33.6. The molecule has 3 heterocycles. The Labute approximate surface area is 316 Å². The van der Waals surface area contributed by atoms with E-state index in [0.29, 0.717) is 0 Å². The topological polar surface area (TPSA) is 25.8 Å². The standard InChI is InChI=1S/C24H16NS.C21H28NSi.Ir/c1-16-13-14-25-21(15-16)19-10-5-11-20-23-18(17-7-3-2-4-8-17)9-6-12-22(23)26-24(19)20;1-23(2,3)21-16-22-20(18-12-8-5-9-13-18)15-19(21)14-17-10-6-4-7-11-17;/h2-9,11-15H,1H3;5,8-9,12,15-17H,4,6-7,10-11,14H2,1-3H3;/q2*-1;. The van der Waals surface area contributed by atoms with Gasteiger partial charge in [-0.1, -0.05) is 123 Å². The molecule has 4 aromatic carbocycles. The van der Waals surface area contributed by atoms with Crippen LogP contribution in [0.3, 0.4) is 0 Å². The number of aryl methyl sites for hydroxylation is 1. The number of benzene rings is 4. The van der Waals surface area contributed by atoms with E-state index in [0.717, 1.165) is 28.4 Å². The minimum Gasteiger partial charge on any atom is -0.305 e. The monoisotopic (exact) mass is 865 g/mol. The Hall–Kier alpha value is -3.73. The molecule has 7 aromatic rings. The van der Waals surface area contributed by atoms with Crippen molar-refractivity contribution in [2.45, 2.75) is 65.1 Å². The first kappa shape index (κ1) is 36.1. The maximum absolute atomic E-state index is 4.77. The van der Waals surface area contributed by atoms with Crippen LogP contribution in [0.4, 0.5) is 0 Å². The Morgan fingerprint density at radius 3 is 2.32 bits per heavy atom. The van der Waals surface area contributed by atoms with Gasteiger partial charge >= 0.3 is 0 Å². The van der Waals surface area contributed by atoms with Crippen molar-refractivity contribution in [1.82, 2.24) is 9.97 Å². The Bertz CT molecular complexity index is 2180. The summed E-state index contributed by atoms with van der Waals surface area (Å²) in [5, 5.41) is 4.14. The molecule has 0 amide bonds. The van der Waals surface area contributed by atoms with Crippen molar-refractivity contribution in [3.8, 4) is 33.6 Å². The second kappa shape index (κ2) is 16.1. The van der Waals surface area contributed by atoms with E-state index >= 15 is 0 Å². The average Bonchev–Trinajstić information content (AvgIpc) is 3.52. The van der Waals surface area contributed by atoms with Gasteiger partial charge in [0.25, 0.3) is 0 Å². The predicted molar refractivity (Wildman–Crippen MR) is 213 cm³/mol. The quantitative estimate of drug-likeness (QED) is 0.123. The van der Waals surface area contributed by atoms with Crippen molar-refractivity contribution >= 4 is 44.8 Å². The third-order valence-corrected chi connectivity index (χ3v) is 13.0. The molecule has 0 bridgehead atoms. The van der Waals surface area contributed by atoms with Crippen LogP contribution in [0.2, 0.25) is 19.6 Å². The molecule has 2 nitrogen and oxygen atoms in total. The second-order valence-corrected chi connectivity index (χ2v) is 20.5. The van der Waals surface area contributed by atoms with Crippen molar-refractivity contribution < 1.29 is 20.1 Å². The smallest absolute Gasteiger partial charge is 0.0798 e. The Kier molecular flexibility index (Phi) is 11.6. The van der Waals surface area contributed by atoms with Crippen LogP contribution >= 0.6 is 11.3 Å². The van der Waals surface area contributed by atoms with Crippen LogP contribution in [0, 0.1) is 25.0 Å². The molecular weight excluding hydrogens is 821 g/mol. The molecule has 50 heavy (non-hydrogen) atoms. The first-order chi connectivity index (χ1) is 23.8. The van der Waals surface area contributed by atoms with Gasteiger partial charge in [0.05, 0.1) is 8.07 Å². The first-order valence-electron chi connectivity index (χ1n) is 17.7. The molecule has 5 heteroatoms. The molecule has 255 valence electrons. The molecule has 0 unspecified atom stereocenters. The predicted octanol–water partition coefficient (Wildman–Crippen LogP) is 12.1. The van der Waals surface area contributed by atoms with Gasteiger partial charge in [0.2, 0.25) is 0 Å². The molecule has 8 rings (SSSR count). The van der Waals surface area contributed by atoms with Crippen LogP contribution in [0.25, 0.3) is 53.8 Å². The van der Waals surface area contributed by atoms with Gasteiger partial charge in [-0.15, -0.1) is 59.7 Å². The molecule has 0 saturated heterocycles. The zero-order chi connectivity index (χ0) is 33.8. The number of nitrogens with zero attached hydrogens (tertiary/aromatic N) is 2. The largest absolute Gasteiger partial charge is 0.305 e. The van der Waals surface area contributed by atoms with Gasteiger partial charge in [-0.25, -0.2) is 0 Å². The molecule has 1 radical (unpaired) electrons. The van der Waals surface area contributed by atoms with E-state index in [1.165, 1.54) is 75.4 Å². The first-order valence-corrected chi connectivity index (χ1v) is 22.0. The molecular formula is C45H44IrN2SSi-2. The van der Waals surface area contributed by atoms with Crippen molar-refractivity contribution in [2.24, 2.45) is 5.92 Å². The Morgan fingerprint density at radius 1 is 0.780 bits per heavy atom. The van der Waals surface area contributed by atoms with Gasteiger partial charge in [0.1, 0.15) is 0 Å². The van der Waals surface area contributed by atoms with Gasteiger partial charge in [-0.05, 0) is 69.2 Å². The number of thiophene rings is 1. The van der Waals surface area contributed by atoms with Crippen molar-refractivity contribution in [3.05, 3.63) is 139 Å². The number of hydrogen-bond donors (Lipinski definition) is 0. The van der Waals surface area contributed by atoms with E-state index in [1.54, 1.807) is 10.8 Å². The van der Waals surface area contributed by atoms with Crippen LogP contribution in [0.5, 0.6) is 0 Å². The van der Waals surface area contributed by atoms with Crippen LogP contribution in [0.15, 0.2) is 116 Å². The van der Waals surface area contributed by atoms with Crippen molar-refractivity contribution in [2.75, 3.05) is 0 Å². The fourth-order valence-electron chi connectivity index (χ4n) is 7.26. The summed E-state index contributed by atoms with van der Waals surface area (Å²) in [4.78, 5) is 9.36. The van der Waals surface area contributed by atoms with E-state index in [1.807, 2.05) is 41.8 Å². The fraction of sp³-hybridized carbons (Fsp3) is 0.244. The number of pyridine rings is 2. The van der Waals surface area contributed by atoms with Gasteiger partial charge in [-0.2, -0.15) is 11.3 Å². The normalized spacial score (nSPS) is 13.4. The summed E-state index contributed by atoms with van der Waals surface area (Å²) in [5.41, 5.74) is 9.57.